The molecule has 2 aliphatic rings. The smallest absolute Gasteiger partial charge is 0.404 e. The topological polar surface area (TPSA) is 136 Å². The van der Waals surface area contributed by atoms with Crippen LogP contribution in [0, 0.1) is 17.8 Å². The summed E-state index contributed by atoms with van der Waals surface area (Å²) in [7, 11) is 0. The summed E-state index contributed by atoms with van der Waals surface area (Å²) in [5.74, 6) is -0.173. The van der Waals surface area contributed by atoms with Crippen LogP contribution in [0.1, 0.15) is 53.3 Å². The molecule has 9 heteroatoms. The molecular weight excluding hydrogens is 390 g/mol. The Morgan fingerprint density at radius 3 is 2.20 bits per heavy atom. The number of carbonyl (C=O) groups excluding carboxylic acids is 2. The molecule has 1 aromatic carbocycles. The molecule has 1 aliphatic heterocycles. The Kier molecular flexibility index (Phi) is 6.59. The van der Waals surface area contributed by atoms with Crippen molar-refractivity contribution < 1.29 is 29.4 Å². The number of hydrogen-bond donors (Lipinski definition) is 4. The molecule has 1 fully saturated rings. The van der Waals surface area contributed by atoms with Crippen molar-refractivity contribution >= 4 is 24.0 Å². The zero-order valence-electron chi connectivity index (χ0n) is 16.8. The number of fused-ring (bicyclic) bond motifs is 1. The third-order valence-corrected chi connectivity index (χ3v) is 6.07. The van der Waals surface area contributed by atoms with Gasteiger partial charge in [0.25, 0.3) is 11.8 Å². The third kappa shape index (κ3) is 5.08. The number of carboxylic acid groups (broad SMARTS) is 2. The molecule has 3 rings (SSSR count). The maximum absolute atomic E-state index is 12.6. The minimum Gasteiger partial charge on any atom is -0.465 e. The van der Waals surface area contributed by atoms with E-state index < -0.39 is 18.2 Å². The average Bonchev–Trinajstić information content (AvgIpc) is 3.50. The number of benzene rings is 1. The van der Waals surface area contributed by atoms with Crippen LogP contribution in [0.5, 0.6) is 0 Å². The summed E-state index contributed by atoms with van der Waals surface area (Å²) in [4.78, 5) is 48.4. The van der Waals surface area contributed by atoms with E-state index >= 15 is 0 Å². The van der Waals surface area contributed by atoms with Crippen LogP contribution >= 0.6 is 0 Å². The van der Waals surface area contributed by atoms with E-state index in [0.29, 0.717) is 36.4 Å². The number of nitrogens with zero attached hydrogens (tertiary/aromatic N) is 1. The predicted molar refractivity (Wildman–Crippen MR) is 107 cm³/mol. The molecule has 0 saturated heterocycles. The van der Waals surface area contributed by atoms with Gasteiger partial charge in [-0.05, 0) is 62.5 Å². The molecule has 0 spiro atoms. The summed E-state index contributed by atoms with van der Waals surface area (Å²) in [6.07, 6.45) is 1.00. The van der Waals surface area contributed by atoms with Crippen LogP contribution in [0.2, 0.25) is 0 Å². The van der Waals surface area contributed by atoms with Crippen molar-refractivity contribution in [3.05, 3.63) is 35.4 Å². The van der Waals surface area contributed by atoms with Gasteiger partial charge in [0.1, 0.15) is 0 Å². The molecule has 162 valence electrons. The largest absolute Gasteiger partial charge is 0.465 e. The van der Waals surface area contributed by atoms with Gasteiger partial charge in [0.2, 0.25) is 0 Å². The van der Waals surface area contributed by atoms with Crippen molar-refractivity contribution in [3.63, 3.8) is 0 Å². The highest BCUT2D eigenvalue weighted by atomic mass is 16.4. The van der Waals surface area contributed by atoms with E-state index in [4.69, 9.17) is 10.2 Å². The second-order valence-corrected chi connectivity index (χ2v) is 8.11. The van der Waals surface area contributed by atoms with Crippen molar-refractivity contribution in [2.45, 2.75) is 38.6 Å². The summed E-state index contributed by atoms with van der Waals surface area (Å²) in [5.41, 5.74) is 0.849. The van der Waals surface area contributed by atoms with Gasteiger partial charge in [0.15, 0.2) is 0 Å². The van der Waals surface area contributed by atoms with Gasteiger partial charge < -0.3 is 20.8 Å². The summed E-state index contributed by atoms with van der Waals surface area (Å²) in [6, 6.07) is 6.34. The Morgan fingerprint density at radius 1 is 1.10 bits per heavy atom. The molecule has 3 atom stereocenters. The van der Waals surface area contributed by atoms with E-state index in [-0.39, 0.29) is 30.2 Å². The lowest BCUT2D eigenvalue weighted by molar-refractivity contribution is 0.0639. The normalized spacial score (nSPS) is 18.5. The molecule has 1 saturated carbocycles. The maximum Gasteiger partial charge on any atom is 0.404 e. The lowest BCUT2D eigenvalue weighted by atomic mass is 9.84. The van der Waals surface area contributed by atoms with E-state index in [0.717, 1.165) is 12.8 Å². The van der Waals surface area contributed by atoms with E-state index in [1.165, 1.54) is 4.90 Å². The van der Waals surface area contributed by atoms with E-state index in [1.54, 1.807) is 31.2 Å². The Hall–Kier alpha value is -3.10. The molecule has 0 aromatic heterocycles. The average molecular weight is 417 g/mol. The van der Waals surface area contributed by atoms with Crippen molar-refractivity contribution in [1.82, 2.24) is 15.5 Å². The summed E-state index contributed by atoms with van der Waals surface area (Å²) >= 11 is 0. The highest BCUT2D eigenvalue weighted by Crippen LogP contribution is 2.42. The molecule has 0 radical (unpaired) electrons. The molecule has 9 nitrogen and oxygen atoms in total. The predicted octanol–water partition coefficient (Wildman–Crippen LogP) is 2.63. The quantitative estimate of drug-likeness (QED) is 0.432. The van der Waals surface area contributed by atoms with E-state index in [1.807, 2.05) is 0 Å². The van der Waals surface area contributed by atoms with Gasteiger partial charge in [-0.25, -0.2) is 9.59 Å². The molecule has 3 unspecified atom stereocenters. The van der Waals surface area contributed by atoms with Crippen molar-refractivity contribution in [2.24, 2.45) is 17.8 Å². The van der Waals surface area contributed by atoms with Crippen molar-refractivity contribution in [1.29, 1.82) is 0 Å². The monoisotopic (exact) mass is 417 g/mol. The maximum atomic E-state index is 12.6. The molecular formula is C21H27N3O6. The van der Waals surface area contributed by atoms with Crippen LogP contribution in [-0.2, 0) is 0 Å². The third-order valence-electron chi connectivity index (χ3n) is 6.07. The summed E-state index contributed by atoms with van der Waals surface area (Å²) in [6.45, 7) is 2.15. The fraction of sp³-hybridized carbons (Fsp3) is 0.524. The number of amides is 4. The van der Waals surface area contributed by atoms with Crippen molar-refractivity contribution in [2.75, 3.05) is 13.1 Å². The highest BCUT2D eigenvalue weighted by Gasteiger charge is 2.38. The Morgan fingerprint density at radius 2 is 1.70 bits per heavy atom. The van der Waals surface area contributed by atoms with Crippen molar-refractivity contribution in [3.8, 4) is 0 Å². The second-order valence-electron chi connectivity index (χ2n) is 8.11. The first-order valence-corrected chi connectivity index (χ1v) is 10.2. The van der Waals surface area contributed by atoms with Gasteiger partial charge in [-0.1, -0.05) is 12.1 Å². The zero-order chi connectivity index (χ0) is 21.8. The van der Waals surface area contributed by atoms with Gasteiger partial charge in [0.05, 0.1) is 11.1 Å². The molecule has 30 heavy (non-hydrogen) atoms. The fourth-order valence-corrected chi connectivity index (χ4v) is 4.23. The van der Waals surface area contributed by atoms with E-state index in [9.17, 15) is 19.2 Å². The molecule has 4 N–H and O–H groups in total. The van der Waals surface area contributed by atoms with Gasteiger partial charge in [-0.3, -0.25) is 14.5 Å². The first kappa shape index (κ1) is 21.6. The van der Waals surface area contributed by atoms with Gasteiger partial charge in [-0.15, -0.1) is 0 Å². The standard InChI is InChI=1S/C21H27N3O6/c1-12(23-21(29)30)15(11-22-20(27)28)10-14(13-6-7-13)8-9-24-18(25)16-4-2-3-5-17(16)19(24)26/h2-5,12-15,22-23H,6-11H2,1H3,(H,27,28)(H,29,30). The molecule has 1 aliphatic carbocycles. The summed E-state index contributed by atoms with van der Waals surface area (Å²) < 4.78 is 0. The number of nitrogens with one attached hydrogen (secondary N) is 2. The minimum absolute atomic E-state index is 0.132. The molecule has 1 heterocycles. The van der Waals surface area contributed by atoms with E-state index in [2.05, 4.69) is 10.6 Å². The first-order chi connectivity index (χ1) is 14.3. The van der Waals surface area contributed by atoms with Gasteiger partial charge >= 0.3 is 12.2 Å². The van der Waals surface area contributed by atoms with Gasteiger partial charge in [0, 0.05) is 19.1 Å². The van der Waals surface area contributed by atoms with Gasteiger partial charge in [-0.2, -0.15) is 0 Å². The van der Waals surface area contributed by atoms with Crippen LogP contribution in [0.3, 0.4) is 0 Å². The van der Waals surface area contributed by atoms with Crippen LogP contribution in [0.25, 0.3) is 0 Å². The zero-order valence-corrected chi connectivity index (χ0v) is 16.8. The fourth-order valence-electron chi connectivity index (χ4n) is 4.23. The molecule has 1 aromatic rings. The lowest BCUT2D eigenvalue weighted by Crippen LogP contribution is -2.43. The number of imide groups is 1. The minimum atomic E-state index is -1.16. The Balaban J connectivity index is 1.65. The number of rotatable bonds is 10. The van der Waals surface area contributed by atoms with Crippen LogP contribution < -0.4 is 10.6 Å². The van der Waals surface area contributed by atoms with Crippen LogP contribution in [0.4, 0.5) is 9.59 Å². The Labute approximate surface area is 174 Å². The molecule has 0 bridgehead atoms. The summed E-state index contributed by atoms with van der Waals surface area (Å²) in [5, 5.41) is 22.7. The Bertz CT molecular complexity index is 803. The first-order valence-electron chi connectivity index (χ1n) is 10.2. The van der Waals surface area contributed by atoms with Crippen LogP contribution in [0.15, 0.2) is 24.3 Å². The number of carbonyl (C=O) groups is 4. The SMILES string of the molecule is CC(NC(=O)O)C(CNC(=O)O)CC(CCN1C(=O)c2ccccc2C1=O)C1CC1. The second kappa shape index (κ2) is 9.15. The molecule has 4 amide bonds. The highest BCUT2D eigenvalue weighted by molar-refractivity contribution is 6.21. The van der Waals surface area contributed by atoms with Crippen LogP contribution in [-0.4, -0.2) is 58.2 Å². The lowest BCUT2D eigenvalue weighted by Gasteiger charge is -2.29. The number of hydrogen-bond acceptors (Lipinski definition) is 4.